The lowest BCUT2D eigenvalue weighted by molar-refractivity contribution is -0.384. The largest absolute Gasteiger partial charge is 0.348 e. The van der Waals surface area contributed by atoms with Crippen molar-refractivity contribution in [3.8, 4) is 0 Å². The molecule has 34 heavy (non-hydrogen) atoms. The van der Waals surface area contributed by atoms with Crippen LogP contribution in [0.25, 0.3) is 0 Å². The number of anilines is 1. The number of nitro benzene ring substituents is 1. The van der Waals surface area contributed by atoms with Crippen molar-refractivity contribution in [3.05, 3.63) is 104 Å². The van der Waals surface area contributed by atoms with Crippen molar-refractivity contribution in [1.82, 2.24) is 10.7 Å². The molecule has 1 heterocycles. The van der Waals surface area contributed by atoms with E-state index in [1.165, 1.54) is 24.3 Å². The molecule has 11 heteroatoms. The second-order valence-corrected chi connectivity index (χ2v) is 8.15. The van der Waals surface area contributed by atoms with Crippen molar-refractivity contribution in [2.24, 2.45) is 5.10 Å². The molecule has 0 spiro atoms. The molecule has 3 aromatic rings. The van der Waals surface area contributed by atoms with Gasteiger partial charge in [0.05, 0.1) is 10.6 Å². The molecule has 0 unspecified atom stereocenters. The zero-order valence-electron chi connectivity index (χ0n) is 17.4. The molecule has 1 aliphatic heterocycles. The average Bonchev–Trinajstić information content (AvgIpc) is 3.15. The molecule has 3 N–H and O–H groups in total. The van der Waals surface area contributed by atoms with Gasteiger partial charge in [-0.3, -0.25) is 24.5 Å². The van der Waals surface area contributed by atoms with Crippen LogP contribution in [0, 0.1) is 10.1 Å². The molecule has 1 aliphatic rings. The topological polar surface area (TPSA) is 143 Å². The van der Waals surface area contributed by atoms with E-state index in [9.17, 15) is 24.5 Å². The highest BCUT2D eigenvalue weighted by Gasteiger charge is 2.26. The number of hydrogen-bond donors (Lipinski definition) is 3. The Labute approximate surface area is 201 Å². The summed E-state index contributed by atoms with van der Waals surface area (Å²) in [6, 6.07) is 17.1. The molecule has 0 fully saturated rings. The fraction of sp³-hybridized carbons (Fsp3) is 0.0435. The number of nitro groups is 1. The molecule has 0 saturated heterocycles. The first-order valence-electron chi connectivity index (χ1n) is 9.93. The third-order valence-corrected chi connectivity index (χ3v) is 5.45. The van der Waals surface area contributed by atoms with E-state index >= 15 is 0 Å². The highest BCUT2D eigenvalue weighted by Crippen LogP contribution is 2.26. The van der Waals surface area contributed by atoms with Crippen molar-refractivity contribution in [1.29, 1.82) is 0 Å². The van der Waals surface area contributed by atoms with Gasteiger partial charge in [0.25, 0.3) is 23.4 Å². The Morgan fingerprint density at radius 3 is 2.50 bits per heavy atom. The Kier molecular flexibility index (Phi) is 6.46. The standard InChI is InChI=1S/C23H16BrN5O5/c24-16-8-9-19-18(11-16)20(23(32)26-19)27-28-22(31)14-6-4-13(5-7-14)12-25-21(30)15-2-1-3-17(10-15)29(33)34/h1-11H,12H2,(H,25,30)(H,28,31)(H,26,27,32). The number of carbonyl (C=O) groups is 3. The smallest absolute Gasteiger partial charge is 0.276 e. The van der Waals surface area contributed by atoms with Crippen LogP contribution in [0.2, 0.25) is 0 Å². The van der Waals surface area contributed by atoms with Gasteiger partial charge in [0, 0.05) is 39.8 Å². The predicted molar refractivity (Wildman–Crippen MR) is 127 cm³/mol. The van der Waals surface area contributed by atoms with Gasteiger partial charge < -0.3 is 10.6 Å². The first kappa shape index (κ1) is 22.8. The molecule has 0 bridgehead atoms. The van der Waals surface area contributed by atoms with Crippen LogP contribution in [-0.2, 0) is 11.3 Å². The van der Waals surface area contributed by atoms with E-state index < -0.39 is 22.6 Å². The van der Waals surface area contributed by atoms with Gasteiger partial charge >= 0.3 is 0 Å². The molecule has 0 atom stereocenters. The maximum absolute atomic E-state index is 12.5. The van der Waals surface area contributed by atoms with Crippen molar-refractivity contribution in [3.63, 3.8) is 0 Å². The number of amides is 3. The number of nitrogens with one attached hydrogen (secondary N) is 3. The van der Waals surface area contributed by atoms with Crippen molar-refractivity contribution < 1.29 is 19.3 Å². The number of hydrogen-bond acceptors (Lipinski definition) is 6. The molecule has 170 valence electrons. The van der Waals surface area contributed by atoms with Gasteiger partial charge in [-0.2, -0.15) is 5.10 Å². The predicted octanol–water partition coefficient (Wildman–Crippen LogP) is 3.37. The number of rotatable bonds is 6. The molecule has 0 radical (unpaired) electrons. The van der Waals surface area contributed by atoms with Gasteiger partial charge in [-0.1, -0.05) is 34.1 Å². The molecular weight excluding hydrogens is 506 g/mol. The third-order valence-electron chi connectivity index (χ3n) is 4.96. The second-order valence-electron chi connectivity index (χ2n) is 7.23. The molecule has 10 nitrogen and oxygen atoms in total. The summed E-state index contributed by atoms with van der Waals surface area (Å²) in [6.07, 6.45) is 0. The molecule has 0 aromatic heterocycles. The van der Waals surface area contributed by atoms with Gasteiger partial charge in [0.1, 0.15) is 0 Å². The normalized spacial score (nSPS) is 13.2. The quantitative estimate of drug-likeness (QED) is 0.336. The molecule has 0 saturated carbocycles. The lowest BCUT2D eigenvalue weighted by Gasteiger charge is -2.07. The van der Waals surface area contributed by atoms with Crippen LogP contribution in [0.1, 0.15) is 31.8 Å². The summed E-state index contributed by atoms with van der Waals surface area (Å²) in [5.74, 6) is -1.37. The number of fused-ring (bicyclic) bond motifs is 1. The summed E-state index contributed by atoms with van der Waals surface area (Å²) < 4.78 is 0.773. The van der Waals surface area contributed by atoms with Gasteiger partial charge in [0.15, 0.2) is 5.71 Å². The molecular formula is C23H16BrN5O5. The highest BCUT2D eigenvalue weighted by atomic mass is 79.9. The van der Waals surface area contributed by atoms with Crippen LogP contribution in [0.5, 0.6) is 0 Å². The Balaban J connectivity index is 1.37. The summed E-state index contributed by atoms with van der Waals surface area (Å²) in [5, 5.41) is 20.2. The summed E-state index contributed by atoms with van der Waals surface area (Å²) >= 11 is 3.34. The summed E-state index contributed by atoms with van der Waals surface area (Å²) in [4.78, 5) is 47.2. The van der Waals surface area contributed by atoms with Gasteiger partial charge in [-0.25, -0.2) is 5.43 Å². The third kappa shape index (κ3) is 4.99. The zero-order valence-corrected chi connectivity index (χ0v) is 19.0. The Bertz CT molecular complexity index is 1350. The Hall–Kier alpha value is -4.38. The number of non-ortho nitro benzene ring substituents is 1. The minimum atomic E-state index is -0.567. The monoisotopic (exact) mass is 521 g/mol. The first-order valence-corrected chi connectivity index (χ1v) is 10.7. The van der Waals surface area contributed by atoms with Crippen LogP contribution < -0.4 is 16.1 Å². The minimum absolute atomic E-state index is 0.102. The summed E-state index contributed by atoms with van der Waals surface area (Å²) in [6.45, 7) is 0.164. The van der Waals surface area contributed by atoms with Crippen LogP contribution >= 0.6 is 15.9 Å². The highest BCUT2D eigenvalue weighted by molar-refractivity contribution is 9.10. The van der Waals surface area contributed by atoms with Crippen LogP contribution in [0.3, 0.4) is 0 Å². The second kappa shape index (κ2) is 9.63. The Morgan fingerprint density at radius 1 is 1.00 bits per heavy atom. The number of nitrogens with zero attached hydrogens (tertiary/aromatic N) is 2. The fourth-order valence-electron chi connectivity index (χ4n) is 3.23. The average molecular weight is 522 g/mol. The maximum atomic E-state index is 12.5. The summed E-state index contributed by atoms with van der Waals surface area (Å²) in [5.41, 5.74) is 4.71. The van der Waals surface area contributed by atoms with Crippen molar-refractivity contribution in [2.75, 3.05) is 5.32 Å². The van der Waals surface area contributed by atoms with Gasteiger partial charge in [0.2, 0.25) is 0 Å². The fourth-order valence-corrected chi connectivity index (χ4v) is 3.59. The maximum Gasteiger partial charge on any atom is 0.276 e. The van der Waals surface area contributed by atoms with E-state index in [4.69, 9.17) is 0 Å². The Morgan fingerprint density at radius 2 is 1.76 bits per heavy atom. The van der Waals surface area contributed by atoms with Crippen molar-refractivity contribution in [2.45, 2.75) is 6.54 Å². The molecule has 3 aromatic carbocycles. The minimum Gasteiger partial charge on any atom is -0.348 e. The number of carbonyl (C=O) groups excluding carboxylic acids is 3. The van der Waals surface area contributed by atoms with E-state index in [0.29, 0.717) is 16.8 Å². The summed E-state index contributed by atoms with van der Waals surface area (Å²) in [7, 11) is 0. The van der Waals surface area contributed by atoms with E-state index in [1.54, 1.807) is 42.5 Å². The van der Waals surface area contributed by atoms with Crippen molar-refractivity contribution >= 4 is 50.7 Å². The van der Waals surface area contributed by atoms with E-state index in [1.807, 2.05) is 0 Å². The van der Waals surface area contributed by atoms with Gasteiger partial charge in [-0.15, -0.1) is 0 Å². The number of benzene rings is 3. The van der Waals surface area contributed by atoms with E-state index in [0.717, 1.165) is 10.0 Å². The number of hydrazone groups is 1. The van der Waals surface area contributed by atoms with Gasteiger partial charge in [-0.05, 0) is 42.0 Å². The zero-order chi connectivity index (χ0) is 24.2. The molecule has 0 aliphatic carbocycles. The van der Waals surface area contributed by atoms with Crippen LogP contribution in [-0.4, -0.2) is 28.4 Å². The number of halogens is 1. The van der Waals surface area contributed by atoms with E-state index in [2.05, 4.69) is 37.1 Å². The molecule has 3 amide bonds. The van der Waals surface area contributed by atoms with Crippen LogP contribution in [0.4, 0.5) is 11.4 Å². The SMILES string of the molecule is O=C1Nc2ccc(Br)cc2/C1=N/NC(=O)c1ccc(CNC(=O)c2cccc([N+](=O)[O-])c2)cc1. The van der Waals surface area contributed by atoms with Crippen LogP contribution in [0.15, 0.2) is 76.3 Å². The first-order chi connectivity index (χ1) is 16.3. The van der Waals surface area contributed by atoms with E-state index in [-0.39, 0.29) is 23.5 Å². The lowest BCUT2D eigenvalue weighted by Crippen LogP contribution is -2.24. The molecule has 4 rings (SSSR count). The lowest BCUT2D eigenvalue weighted by atomic mass is 10.1.